The van der Waals surface area contributed by atoms with Crippen molar-refractivity contribution in [1.29, 1.82) is 0 Å². The molecule has 0 rings (SSSR count). The van der Waals surface area contributed by atoms with Crippen molar-refractivity contribution in [3.8, 4) is 0 Å². The topological polar surface area (TPSA) is 9.23 Å². The maximum absolute atomic E-state index is 12.4. The average Bonchev–Trinajstić information content (AvgIpc) is 1.70. The predicted octanol–water partition coefficient (Wildman–Crippen LogP) is 4.01. The molecule has 0 amide bonds. The highest BCUT2D eigenvalue weighted by Gasteiger charge is 2.46. The van der Waals surface area contributed by atoms with Crippen molar-refractivity contribution in [3.63, 3.8) is 0 Å². The summed E-state index contributed by atoms with van der Waals surface area (Å²) in [6.45, 7) is 0.484. The minimum Gasteiger partial charge on any atom is -0.437 e. The standard InChI is InChI=1S/C7H6F8O/c1-4(2-5(8,9)10)16-7(14,15)3-6(11,12)13/h2H,3H2,1H3/b4-2+. The van der Waals surface area contributed by atoms with Crippen molar-refractivity contribution in [2.75, 3.05) is 0 Å². The molecular weight excluding hydrogens is 252 g/mol. The summed E-state index contributed by atoms with van der Waals surface area (Å²) in [5.41, 5.74) is 0. The van der Waals surface area contributed by atoms with Crippen molar-refractivity contribution in [2.24, 2.45) is 0 Å². The van der Waals surface area contributed by atoms with Gasteiger partial charge < -0.3 is 4.74 Å². The zero-order valence-corrected chi connectivity index (χ0v) is 7.72. The lowest BCUT2D eigenvalue weighted by molar-refractivity contribution is -0.277. The second kappa shape index (κ2) is 4.46. The first-order valence-corrected chi connectivity index (χ1v) is 3.70. The quantitative estimate of drug-likeness (QED) is 0.548. The number of allylic oxidation sites excluding steroid dienone is 2. The van der Waals surface area contributed by atoms with E-state index in [-0.39, 0.29) is 0 Å². The van der Waals surface area contributed by atoms with Gasteiger partial charge in [-0.3, -0.25) is 0 Å². The van der Waals surface area contributed by atoms with Crippen LogP contribution in [0.5, 0.6) is 0 Å². The molecule has 0 aliphatic heterocycles. The summed E-state index contributed by atoms with van der Waals surface area (Å²) in [5.74, 6) is -1.35. The number of hydrogen-bond donors (Lipinski definition) is 0. The zero-order chi connectivity index (χ0) is 13.2. The molecule has 0 aromatic rings. The Morgan fingerprint density at radius 1 is 1.00 bits per heavy atom. The van der Waals surface area contributed by atoms with Gasteiger partial charge in [-0.2, -0.15) is 35.1 Å². The van der Waals surface area contributed by atoms with Crippen LogP contribution in [0.15, 0.2) is 11.8 Å². The fraction of sp³-hybridized carbons (Fsp3) is 0.714. The smallest absolute Gasteiger partial charge is 0.412 e. The van der Waals surface area contributed by atoms with Gasteiger partial charge in [-0.1, -0.05) is 0 Å². The van der Waals surface area contributed by atoms with E-state index in [4.69, 9.17) is 0 Å². The van der Waals surface area contributed by atoms with Crippen LogP contribution in [0.1, 0.15) is 13.3 Å². The minimum atomic E-state index is -5.23. The molecule has 1 nitrogen and oxygen atoms in total. The number of alkyl halides is 8. The summed E-state index contributed by atoms with van der Waals surface area (Å²) in [5, 5.41) is 0. The fourth-order valence-corrected chi connectivity index (χ4v) is 0.765. The fourth-order valence-electron chi connectivity index (χ4n) is 0.765. The molecule has 0 aromatic heterocycles. The molecule has 0 saturated heterocycles. The van der Waals surface area contributed by atoms with E-state index in [1.165, 1.54) is 0 Å². The molecule has 96 valence electrons. The molecule has 0 aromatic carbocycles. The molecule has 0 heterocycles. The normalized spacial score (nSPS) is 15.2. The van der Waals surface area contributed by atoms with Crippen LogP contribution in [0.3, 0.4) is 0 Å². The summed E-state index contributed by atoms with van der Waals surface area (Å²) in [6.07, 6.45) is -18.2. The Balaban J connectivity index is 4.54. The average molecular weight is 258 g/mol. The largest absolute Gasteiger partial charge is 0.437 e. The highest BCUT2D eigenvalue weighted by atomic mass is 19.4. The van der Waals surface area contributed by atoms with Gasteiger partial charge in [-0.25, -0.2) is 0 Å². The van der Waals surface area contributed by atoms with Crippen molar-refractivity contribution in [3.05, 3.63) is 11.8 Å². The Morgan fingerprint density at radius 3 is 1.75 bits per heavy atom. The Labute approximate surface area is 84.7 Å². The van der Waals surface area contributed by atoms with E-state index in [0.29, 0.717) is 6.92 Å². The van der Waals surface area contributed by atoms with Crippen LogP contribution in [0.4, 0.5) is 35.1 Å². The van der Waals surface area contributed by atoms with Gasteiger partial charge >= 0.3 is 18.5 Å². The van der Waals surface area contributed by atoms with Crippen LogP contribution in [0.2, 0.25) is 0 Å². The molecular formula is C7H6F8O. The lowest BCUT2D eigenvalue weighted by atomic mass is 10.4. The monoisotopic (exact) mass is 258 g/mol. The maximum Gasteiger partial charge on any atom is 0.412 e. The van der Waals surface area contributed by atoms with E-state index >= 15 is 0 Å². The third kappa shape index (κ3) is 8.30. The number of ether oxygens (including phenoxy) is 1. The Kier molecular flexibility index (Phi) is 4.18. The lowest BCUT2D eigenvalue weighted by Gasteiger charge is -2.19. The molecule has 0 atom stereocenters. The van der Waals surface area contributed by atoms with Crippen LogP contribution < -0.4 is 0 Å². The first-order chi connectivity index (χ1) is 6.81. The lowest BCUT2D eigenvalue weighted by Crippen LogP contribution is -2.28. The Bertz CT molecular complexity index is 261. The maximum atomic E-state index is 12.4. The van der Waals surface area contributed by atoms with Gasteiger partial charge in [-0.15, -0.1) is 0 Å². The summed E-state index contributed by atoms with van der Waals surface area (Å²) in [7, 11) is 0. The van der Waals surface area contributed by atoms with Crippen molar-refractivity contribution in [2.45, 2.75) is 31.8 Å². The molecule has 0 spiro atoms. The highest BCUT2D eigenvalue weighted by molar-refractivity contribution is 4.95. The van der Waals surface area contributed by atoms with Crippen LogP contribution in [-0.2, 0) is 4.74 Å². The van der Waals surface area contributed by atoms with Crippen LogP contribution in [0, 0.1) is 0 Å². The summed E-state index contributed by atoms with van der Waals surface area (Å²) in [6, 6.07) is 0. The van der Waals surface area contributed by atoms with Gasteiger partial charge in [0.1, 0.15) is 12.2 Å². The first-order valence-electron chi connectivity index (χ1n) is 3.70. The summed E-state index contributed by atoms with van der Waals surface area (Å²) in [4.78, 5) is 0. The molecule has 0 aliphatic carbocycles. The second-order valence-corrected chi connectivity index (χ2v) is 2.83. The van der Waals surface area contributed by atoms with Gasteiger partial charge in [0.05, 0.1) is 6.08 Å². The van der Waals surface area contributed by atoms with Gasteiger partial charge in [0.15, 0.2) is 0 Å². The van der Waals surface area contributed by atoms with E-state index in [1.807, 2.05) is 0 Å². The minimum absolute atomic E-state index is 0.484. The molecule has 0 radical (unpaired) electrons. The summed E-state index contributed by atoms with van der Waals surface area (Å²) < 4.78 is 97.5. The van der Waals surface area contributed by atoms with Gasteiger partial charge in [-0.05, 0) is 6.92 Å². The van der Waals surface area contributed by atoms with Crippen LogP contribution in [-0.4, -0.2) is 18.5 Å². The SMILES string of the molecule is C/C(=C\C(F)(F)F)OC(F)(F)CC(F)(F)F. The molecule has 9 heteroatoms. The molecule has 0 saturated carbocycles. The predicted molar refractivity (Wildman–Crippen MR) is 36.5 cm³/mol. The zero-order valence-electron chi connectivity index (χ0n) is 7.72. The third-order valence-corrected chi connectivity index (χ3v) is 1.08. The molecule has 0 unspecified atom stereocenters. The molecule has 0 N–H and O–H groups in total. The number of halogens is 8. The number of hydrogen-bond acceptors (Lipinski definition) is 1. The highest BCUT2D eigenvalue weighted by Crippen LogP contribution is 2.34. The van der Waals surface area contributed by atoms with Crippen molar-refractivity contribution in [1.82, 2.24) is 0 Å². The van der Waals surface area contributed by atoms with E-state index in [0.717, 1.165) is 0 Å². The van der Waals surface area contributed by atoms with Gasteiger partial charge in [0, 0.05) is 0 Å². The number of rotatable bonds is 3. The van der Waals surface area contributed by atoms with Crippen LogP contribution >= 0.6 is 0 Å². The van der Waals surface area contributed by atoms with Gasteiger partial charge in [0.2, 0.25) is 0 Å². The Morgan fingerprint density at radius 2 is 1.44 bits per heavy atom. The first kappa shape index (κ1) is 15.0. The van der Waals surface area contributed by atoms with E-state index in [1.54, 1.807) is 0 Å². The van der Waals surface area contributed by atoms with E-state index < -0.39 is 36.7 Å². The third-order valence-electron chi connectivity index (χ3n) is 1.08. The Hall–Kier alpha value is -1.02. The summed E-state index contributed by atoms with van der Waals surface area (Å²) >= 11 is 0. The van der Waals surface area contributed by atoms with E-state index in [9.17, 15) is 35.1 Å². The van der Waals surface area contributed by atoms with Crippen molar-refractivity contribution >= 4 is 0 Å². The molecule has 0 aliphatic rings. The second-order valence-electron chi connectivity index (χ2n) is 2.83. The van der Waals surface area contributed by atoms with Gasteiger partial charge in [0.25, 0.3) is 0 Å². The van der Waals surface area contributed by atoms with Crippen LogP contribution in [0.25, 0.3) is 0 Å². The molecule has 0 fully saturated rings. The van der Waals surface area contributed by atoms with Crippen molar-refractivity contribution < 1.29 is 39.9 Å². The van der Waals surface area contributed by atoms with E-state index in [2.05, 4.69) is 4.74 Å². The molecule has 16 heavy (non-hydrogen) atoms. The molecule has 0 bridgehead atoms.